The summed E-state index contributed by atoms with van der Waals surface area (Å²) in [5.41, 5.74) is 0.955. The number of amides is 1. The summed E-state index contributed by atoms with van der Waals surface area (Å²) >= 11 is 1.52. The van der Waals surface area contributed by atoms with Crippen LogP contribution < -0.4 is 5.32 Å². The summed E-state index contributed by atoms with van der Waals surface area (Å²) in [4.78, 5) is 12.4. The van der Waals surface area contributed by atoms with Crippen molar-refractivity contribution < 1.29 is 4.79 Å². The maximum Gasteiger partial charge on any atom is 0.258 e. The largest absolute Gasteiger partial charge is 0.306 e. The predicted molar refractivity (Wildman–Crippen MR) is 77.7 cm³/mol. The summed E-state index contributed by atoms with van der Waals surface area (Å²) < 4.78 is 2.54. The fourth-order valence-electron chi connectivity index (χ4n) is 2.00. The molecule has 3 aromatic rings. The van der Waals surface area contributed by atoms with Crippen molar-refractivity contribution in [1.29, 1.82) is 5.26 Å². The third kappa shape index (κ3) is 1.94. The second-order valence-corrected chi connectivity index (χ2v) is 5.15. The Morgan fingerprint density at radius 1 is 1.45 bits per heavy atom. The molecular formula is C14H10N4OS. The highest BCUT2D eigenvalue weighted by Gasteiger charge is 2.16. The second kappa shape index (κ2) is 4.79. The van der Waals surface area contributed by atoms with E-state index in [1.807, 2.05) is 35.7 Å². The monoisotopic (exact) mass is 282 g/mol. The first kappa shape index (κ1) is 12.4. The van der Waals surface area contributed by atoms with Crippen molar-refractivity contribution in [3.63, 3.8) is 0 Å². The van der Waals surface area contributed by atoms with Crippen molar-refractivity contribution in [2.24, 2.45) is 7.05 Å². The Bertz CT molecular complexity index is 840. The predicted octanol–water partition coefficient (Wildman–Crippen LogP) is 2.76. The number of carbonyl (C=O) groups excluding carboxylic acids is 1. The van der Waals surface area contributed by atoms with Gasteiger partial charge in [0.1, 0.15) is 17.5 Å². The van der Waals surface area contributed by atoms with Gasteiger partial charge in [0.05, 0.1) is 11.8 Å². The molecule has 1 amide bonds. The van der Waals surface area contributed by atoms with Crippen LogP contribution in [-0.2, 0) is 7.05 Å². The highest BCUT2D eigenvalue weighted by Crippen LogP contribution is 2.26. The smallest absolute Gasteiger partial charge is 0.258 e. The molecule has 0 atom stereocenters. The van der Waals surface area contributed by atoms with E-state index < -0.39 is 0 Å². The van der Waals surface area contributed by atoms with Crippen LogP contribution in [0.2, 0.25) is 0 Å². The van der Waals surface area contributed by atoms with Gasteiger partial charge in [-0.05, 0) is 6.07 Å². The fourth-order valence-corrected chi connectivity index (χ4v) is 2.94. The Labute approximate surface area is 119 Å². The van der Waals surface area contributed by atoms with E-state index in [2.05, 4.69) is 10.4 Å². The molecule has 0 aliphatic carbocycles. The molecule has 2 aromatic heterocycles. The average Bonchev–Trinajstić information content (AvgIpc) is 3.03. The summed E-state index contributed by atoms with van der Waals surface area (Å²) in [6.45, 7) is 0. The van der Waals surface area contributed by atoms with Gasteiger partial charge in [-0.2, -0.15) is 10.4 Å². The lowest BCUT2D eigenvalue weighted by molar-refractivity contribution is 0.102. The van der Waals surface area contributed by atoms with Gasteiger partial charge in [0, 0.05) is 22.5 Å². The molecule has 98 valence electrons. The highest BCUT2D eigenvalue weighted by molar-refractivity contribution is 7.17. The number of aryl methyl sites for hydroxylation is 1. The first-order valence-electron chi connectivity index (χ1n) is 5.90. The lowest BCUT2D eigenvalue weighted by Gasteiger charge is -2.05. The van der Waals surface area contributed by atoms with E-state index in [4.69, 9.17) is 5.26 Å². The van der Waals surface area contributed by atoms with Gasteiger partial charge in [-0.3, -0.25) is 9.48 Å². The van der Waals surface area contributed by atoms with Gasteiger partial charge in [-0.1, -0.05) is 18.2 Å². The number of carbonyl (C=O) groups is 1. The Morgan fingerprint density at radius 3 is 3.05 bits per heavy atom. The van der Waals surface area contributed by atoms with Crippen molar-refractivity contribution in [1.82, 2.24) is 9.78 Å². The van der Waals surface area contributed by atoms with Gasteiger partial charge in [0.25, 0.3) is 5.91 Å². The molecule has 0 saturated carbocycles. The number of anilines is 1. The molecule has 0 saturated heterocycles. The maximum atomic E-state index is 12.4. The summed E-state index contributed by atoms with van der Waals surface area (Å²) in [7, 11) is 1.68. The number of hydrogen-bond acceptors (Lipinski definition) is 4. The highest BCUT2D eigenvalue weighted by atomic mass is 32.1. The fraction of sp³-hybridized carbons (Fsp3) is 0.0714. The molecule has 1 aromatic carbocycles. The van der Waals surface area contributed by atoms with Crippen molar-refractivity contribution in [2.45, 2.75) is 0 Å². The number of fused-ring (bicyclic) bond motifs is 1. The number of benzene rings is 1. The summed E-state index contributed by atoms with van der Waals surface area (Å²) in [6, 6.07) is 9.73. The lowest BCUT2D eigenvalue weighted by Crippen LogP contribution is -2.15. The minimum Gasteiger partial charge on any atom is -0.306 e. The van der Waals surface area contributed by atoms with Crippen LogP contribution in [0.3, 0.4) is 0 Å². The van der Waals surface area contributed by atoms with E-state index in [9.17, 15) is 4.79 Å². The van der Waals surface area contributed by atoms with E-state index in [1.165, 1.54) is 22.2 Å². The van der Waals surface area contributed by atoms with Crippen LogP contribution in [0.4, 0.5) is 5.82 Å². The maximum absolute atomic E-state index is 12.4. The summed E-state index contributed by atoms with van der Waals surface area (Å²) in [6.07, 6.45) is 1.43. The third-order valence-electron chi connectivity index (χ3n) is 3.02. The molecule has 5 nitrogen and oxygen atoms in total. The molecular weight excluding hydrogens is 272 g/mol. The average molecular weight is 282 g/mol. The number of aromatic nitrogens is 2. The zero-order chi connectivity index (χ0) is 14.1. The number of rotatable bonds is 2. The zero-order valence-electron chi connectivity index (χ0n) is 10.6. The quantitative estimate of drug-likeness (QED) is 0.785. The van der Waals surface area contributed by atoms with Crippen molar-refractivity contribution >= 4 is 33.1 Å². The number of thiophene rings is 1. The molecule has 0 bridgehead atoms. The molecule has 0 radical (unpaired) electrons. The number of hydrogen-bond donors (Lipinski definition) is 1. The van der Waals surface area contributed by atoms with Gasteiger partial charge in [-0.15, -0.1) is 11.3 Å². The van der Waals surface area contributed by atoms with E-state index in [0.717, 1.165) is 10.1 Å². The minimum atomic E-state index is -0.234. The molecule has 0 unspecified atom stereocenters. The molecule has 0 fully saturated rings. The molecule has 1 N–H and O–H groups in total. The van der Waals surface area contributed by atoms with Gasteiger partial charge >= 0.3 is 0 Å². The van der Waals surface area contributed by atoms with Crippen molar-refractivity contribution in [2.75, 3.05) is 5.32 Å². The molecule has 0 aliphatic heterocycles. The van der Waals surface area contributed by atoms with Crippen molar-refractivity contribution in [3.8, 4) is 6.07 Å². The molecule has 2 heterocycles. The Kier molecular flexibility index (Phi) is 2.97. The van der Waals surface area contributed by atoms with Gasteiger partial charge < -0.3 is 5.32 Å². The second-order valence-electron chi connectivity index (χ2n) is 4.24. The van der Waals surface area contributed by atoms with E-state index in [0.29, 0.717) is 16.9 Å². The van der Waals surface area contributed by atoms with Crippen LogP contribution in [0.5, 0.6) is 0 Å². The molecule has 0 aliphatic rings. The van der Waals surface area contributed by atoms with Gasteiger partial charge in [0.15, 0.2) is 0 Å². The summed E-state index contributed by atoms with van der Waals surface area (Å²) in [5.74, 6) is 0.176. The lowest BCUT2D eigenvalue weighted by atomic mass is 10.1. The standard InChI is InChI=1S/C14H10N4OS/c1-18-13(9(6-15)7-16-18)17-14(19)11-8-20-12-5-3-2-4-10(11)12/h2-5,7-8H,1H3,(H,17,19). The van der Waals surface area contributed by atoms with Crippen LogP contribution in [0.1, 0.15) is 15.9 Å². The van der Waals surface area contributed by atoms with Gasteiger partial charge in [-0.25, -0.2) is 0 Å². The van der Waals surface area contributed by atoms with Crippen LogP contribution in [0.25, 0.3) is 10.1 Å². The Balaban J connectivity index is 1.98. The van der Waals surface area contributed by atoms with Crippen LogP contribution in [0, 0.1) is 11.3 Å². The normalized spacial score (nSPS) is 10.4. The van der Waals surface area contributed by atoms with Crippen LogP contribution in [0.15, 0.2) is 35.8 Å². The summed E-state index contributed by atoms with van der Waals surface area (Å²) in [5, 5.41) is 18.4. The molecule has 6 heteroatoms. The number of nitrogens with one attached hydrogen (secondary N) is 1. The zero-order valence-corrected chi connectivity index (χ0v) is 11.4. The third-order valence-corrected chi connectivity index (χ3v) is 3.98. The van der Waals surface area contributed by atoms with Crippen LogP contribution in [-0.4, -0.2) is 15.7 Å². The van der Waals surface area contributed by atoms with Gasteiger partial charge in [0.2, 0.25) is 0 Å². The Hall–Kier alpha value is -2.65. The molecule has 0 spiro atoms. The van der Waals surface area contributed by atoms with E-state index >= 15 is 0 Å². The first-order valence-corrected chi connectivity index (χ1v) is 6.78. The Morgan fingerprint density at radius 2 is 2.25 bits per heavy atom. The van der Waals surface area contributed by atoms with Crippen LogP contribution >= 0.6 is 11.3 Å². The van der Waals surface area contributed by atoms with Crippen molar-refractivity contribution in [3.05, 3.63) is 47.0 Å². The minimum absolute atomic E-state index is 0.234. The number of nitrogens with zero attached hydrogens (tertiary/aromatic N) is 3. The molecule has 3 rings (SSSR count). The number of nitriles is 1. The SMILES string of the molecule is Cn1ncc(C#N)c1NC(=O)c1csc2ccccc12. The van der Waals surface area contributed by atoms with E-state index in [-0.39, 0.29) is 5.91 Å². The van der Waals surface area contributed by atoms with E-state index in [1.54, 1.807) is 7.05 Å². The molecule has 20 heavy (non-hydrogen) atoms. The first-order chi connectivity index (χ1) is 9.70. The topological polar surface area (TPSA) is 70.7 Å².